The number of hydrogen-bond donors (Lipinski definition) is 2. The van der Waals surface area contributed by atoms with Crippen LogP contribution in [-0.4, -0.2) is 48.3 Å². The first kappa shape index (κ1) is 31.1. The summed E-state index contributed by atoms with van der Waals surface area (Å²) in [7, 11) is 2.21. The summed E-state index contributed by atoms with van der Waals surface area (Å²) >= 11 is 0. The fraction of sp³-hybridized carbons (Fsp3) is 0.571. The standard InChI is InChI=1S/C35H51N3O3/c1-34(2,3)30-20-27(21-31(32(30)39)35(4,5)6)33-37-28(24-41-33)16-19-40-29-14-12-26(13-15-29)23-38(7)18-9-11-25-10-8-17-36-22-25/h12-15,20-21,24-25,36,39H,8-11,16-19,22-23H2,1-7H3. The van der Waals surface area contributed by atoms with Crippen LogP contribution in [0.4, 0.5) is 0 Å². The Balaban J connectivity index is 1.28. The molecule has 3 aromatic rings. The predicted molar refractivity (Wildman–Crippen MR) is 168 cm³/mol. The Hall–Kier alpha value is -2.83. The SMILES string of the molecule is CN(CCCC1CCCNC1)Cc1ccc(OCCc2coc(-c3cc(C(C)(C)C)c(O)c(C(C)(C)C)c3)n2)cc1. The summed E-state index contributed by atoms with van der Waals surface area (Å²) < 4.78 is 11.9. The molecule has 0 spiro atoms. The van der Waals surface area contributed by atoms with Gasteiger partial charge in [0.15, 0.2) is 0 Å². The van der Waals surface area contributed by atoms with Gasteiger partial charge in [0.1, 0.15) is 17.8 Å². The van der Waals surface area contributed by atoms with Crippen molar-refractivity contribution in [3.63, 3.8) is 0 Å². The number of piperidine rings is 1. The molecule has 6 nitrogen and oxygen atoms in total. The summed E-state index contributed by atoms with van der Waals surface area (Å²) in [4.78, 5) is 7.17. The molecule has 41 heavy (non-hydrogen) atoms. The zero-order valence-electron chi connectivity index (χ0n) is 26.3. The summed E-state index contributed by atoms with van der Waals surface area (Å²) in [5, 5.41) is 14.6. The maximum Gasteiger partial charge on any atom is 0.226 e. The van der Waals surface area contributed by atoms with E-state index in [-0.39, 0.29) is 10.8 Å². The molecule has 2 aromatic carbocycles. The molecule has 0 aliphatic carbocycles. The average molecular weight is 562 g/mol. The number of phenolic OH excluding ortho intramolecular Hbond substituents is 1. The Morgan fingerprint density at radius 3 is 2.34 bits per heavy atom. The molecule has 1 aliphatic rings. The zero-order valence-corrected chi connectivity index (χ0v) is 26.3. The number of nitrogens with zero attached hydrogens (tertiary/aromatic N) is 2. The molecular formula is C35H51N3O3. The van der Waals surface area contributed by atoms with E-state index >= 15 is 0 Å². The van der Waals surface area contributed by atoms with Crippen LogP contribution in [0.3, 0.4) is 0 Å². The number of oxazole rings is 1. The molecule has 1 aromatic heterocycles. The van der Waals surface area contributed by atoms with Crippen LogP contribution >= 0.6 is 0 Å². The number of phenols is 1. The largest absolute Gasteiger partial charge is 0.507 e. The van der Waals surface area contributed by atoms with E-state index in [0.29, 0.717) is 24.7 Å². The van der Waals surface area contributed by atoms with Gasteiger partial charge >= 0.3 is 0 Å². The molecule has 1 atom stereocenters. The number of nitrogens with one attached hydrogen (secondary N) is 1. The van der Waals surface area contributed by atoms with Gasteiger partial charge in [0.25, 0.3) is 0 Å². The molecule has 1 unspecified atom stereocenters. The van der Waals surface area contributed by atoms with Crippen molar-refractivity contribution in [3.8, 4) is 23.0 Å². The van der Waals surface area contributed by atoms with Crippen LogP contribution in [0.5, 0.6) is 11.5 Å². The molecule has 6 heteroatoms. The molecule has 2 N–H and O–H groups in total. The summed E-state index contributed by atoms with van der Waals surface area (Å²) in [6, 6.07) is 12.5. The van der Waals surface area contributed by atoms with E-state index in [9.17, 15) is 5.11 Å². The lowest BCUT2D eigenvalue weighted by Crippen LogP contribution is -2.30. The summed E-state index contributed by atoms with van der Waals surface area (Å²) in [6.45, 7) is 17.7. The van der Waals surface area contributed by atoms with E-state index < -0.39 is 0 Å². The third kappa shape index (κ3) is 8.83. The monoisotopic (exact) mass is 561 g/mol. The summed E-state index contributed by atoms with van der Waals surface area (Å²) in [6.07, 6.45) is 7.65. The van der Waals surface area contributed by atoms with Crippen LogP contribution in [-0.2, 0) is 23.8 Å². The second-order valence-corrected chi connectivity index (χ2v) is 13.9. The number of rotatable bonds is 11. The first-order chi connectivity index (χ1) is 19.4. The zero-order chi connectivity index (χ0) is 29.6. The molecule has 0 saturated carbocycles. The van der Waals surface area contributed by atoms with E-state index in [0.717, 1.165) is 47.1 Å². The van der Waals surface area contributed by atoms with Crippen LogP contribution < -0.4 is 10.1 Å². The third-order valence-corrected chi connectivity index (χ3v) is 8.08. The minimum atomic E-state index is -0.208. The molecule has 224 valence electrons. The van der Waals surface area contributed by atoms with Crippen molar-refractivity contribution >= 4 is 0 Å². The van der Waals surface area contributed by atoms with E-state index in [2.05, 4.69) is 83.1 Å². The number of aromatic nitrogens is 1. The first-order valence-corrected chi connectivity index (χ1v) is 15.3. The van der Waals surface area contributed by atoms with Crippen LogP contribution in [0, 0.1) is 5.92 Å². The quantitative estimate of drug-likeness (QED) is 0.253. The minimum absolute atomic E-state index is 0.208. The van der Waals surface area contributed by atoms with Gasteiger partial charge in [0.2, 0.25) is 5.89 Å². The third-order valence-electron chi connectivity index (χ3n) is 8.08. The fourth-order valence-corrected chi connectivity index (χ4v) is 5.63. The van der Waals surface area contributed by atoms with Crippen LogP contribution in [0.2, 0.25) is 0 Å². The smallest absolute Gasteiger partial charge is 0.226 e. The summed E-state index contributed by atoms with van der Waals surface area (Å²) in [5.41, 5.74) is 4.42. The lowest BCUT2D eigenvalue weighted by molar-refractivity contribution is 0.287. The van der Waals surface area contributed by atoms with Crippen LogP contribution in [0.15, 0.2) is 47.1 Å². The Bertz CT molecular complexity index is 1210. The van der Waals surface area contributed by atoms with E-state index in [1.807, 2.05) is 12.1 Å². The summed E-state index contributed by atoms with van der Waals surface area (Å²) in [5.74, 6) is 2.65. The van der Waals surface area contributed by atoms with Crippen molar-refractivity contribution in [1.29, 1.82) is 0 Å². The van der Waals surface area contributed by atoms with Gasteiger partial charge in [0.05, 0.1) is 12.3 Å². The molecule has 2 heterocycles. The molecule has 1 saturated heterocycles. The van der Waals surface area contributed by atoms with E-state index in [1.165, 1.54) is 44.3 Å². The van der Waals surface area contributed by atoms with Gasteiger partial charge < -0.3 is 24.5 Å². The maximum atomic E-state index is 11.0. The van der Waals surface area contributed by atoms with Gasteiger partial charge in [-0.1, -0.05) is 53.7 Å². The van der Waals surface area contributed by atoms with Crippen LogP contribution in [0.25, 0.3) is 11.5 Å². The van der Waals surface area contributed by atoms with Crippen molar-refractivity contribution in [2.75, 3.05) is 33.3 Å². The van der Waals surface area contributed by atoms with Gasteiger partial charge in [-0.2, -0.15) is 0 Å². The average Bonchev–Trinajstić information content (AvgIpc) is 3.38. The van der Waals surface area contributed by atoms with Crippen LogP contribution in [0.1, 0.15) is 89.6 Å². The molecule has 0 radical (unpaired) electrons. The van der Waals surface area contributed by atoms with E-state index in [4.69, 9.17) is 14.1 Å². The van der Waals surface area contributed by atoms with Crippen molar-refractivity contribution in [2.45, 2.75) is 91.0 Å². The highest BCUT2D eigenvalue weighted by molar-refractivity contribution is 5.63. The van der Waals surface area contributed by atoms with Gasteiger partial charge in [0, 0.05) is 29.7 Å². The van der Waals surface area contributed by atoms with Gasteiger partial charge in [-0.25, -0.2) is 4.98 Å². The lowest BCUT2D eigenvalue weighted by Gasteiger charge is -2.27. The Morgan fingerprint density at radius 1 is 1.05 bits per heavy atom. The number of aromatic hydroxyl groups is 1. The molecule has 1 fully saturated rings. The Morgan fingerprint density at radius 2 is 1.73 bits per heavy atom. The van der Waals surface area contributed by atoms with Gasteiger partial charge in [-0.05, 0) is 98.9 Å². The van der Waals surface area contributed by atoms with Crippen molar-refractivity contribution in [1.82, 2.24) is 15.2 Å². The Kier molecular flexibility index (Phi) is 10.2. The minimum Gasteiger partial charge on any atom is -0.507 e. The highest BCUT2D eigenvalue weighted by Gasteiger charge is 2.27. The van der Waals surface area contributed by atoms with E-state index in [1.54, 1.807) is 6.26 Å². The highest BCUT2D eigenvalue weighted by atomic mass is 16.5. The predicted octanol–water partition coefficient (Wildman–Crippen LogP) is 7.48. The molecule has 0 bridgehead atoms. The van der Waals surface area contributed by atoms with Crippen molar-refractivity contribution < 1.29 is 14.3 Å². The topological polar surface area (TPSA) is 70.8 Å². The molecule has 4 rings (SSSR count). The van der Waals surface area contributed by atoms with Crippen molar-refractivity contribution in [3.05, 3.63) is 65.0 Å². The molecule has 1 aliphatic heterocycles. The maximum absolute atomic E-state index is 11.0. The normalized spacial score (nSPS) is 16.3. The second-order valence-electron chi connectivity index (χ2n) is 13.9. The number of ether oxygens (including phenoxy) is 1. The fourth-order valence-electron chi connectivity index (χ4n) is 5.63. The number of hydrogen-bond acceptors (Lipinski definition) is 6. The highest BCUT2D eigenvalue weighted by Crippen LogP contribution is 2.41. The number of benzene rings is 2. The molecule has 0 amide bonds. The molecular weight excluding hydrogens is 510 g/mol. The Labute approximate surface area is 247 Å². The van der Waals surface area contributed by atoms with Crippen molar-refractivity contribution in [2.24, 2.45) is 5.92 Å². The second kappa shape index (κ2) is 13.4. The lowest BCUT2D eigenvalue weighted by atomic mass is 9.78. The first-order valence-electron chi connectivity index (χ1n) is 15.3. The van der Waals surface area contributed by atoms with Gasteiger partial charge in [-0.15, -0.1) is 0 Å². The van der Waals surface area contributed by atoms with Gasteiger partial charge in [-0.3, -0.25) is 0 Å².